The molecule has 4 N–H and O–H groups in total. The molecule has 0 radical (unpaired) electrons. The Balaban J connectivity index is 2.90. The molecular weight excluding hydrogens is 188 g/mol. The summed E-state index contributed by atoms with van der Waals surface area (Å²) in [4.78, 5) is 0.199. The summed E-state index contributed by atoms with van der Waals surface area (Å²) in [7, 11) is -3.50. The van der Waals surface area contributed by atoms with E-state index in [1.54, 1.807) is 18.2 Å². The average Bonchev–Trinajstić information content (AvgIpc) is 2.30. The molecule has 0 bridgehead atoms. The fourth-order valence-electron chi connectivity index (χ4n) is 1.32. The van der Waals surface area contributed by atoms with Gasteiger partial charge in [0.15, 0.2) is 5.03 Å². The van der Waals surface area contributed by atoms with Crippen LogP contribution in [0.15, 0.2) is 34.2 Å². The summed E-state index contributed by atoms with van der Waals surface area (Å²) in [6.45, 7) is 0. The Kier molecular flexibility index (Phi) is 1.41. The Bertz CT molecular complexity index is 503. The lowest BCUT2D eigenvalue weighted by molar-refractivity contribution is 0.603. The van der Waals surface area contributed by atoms with Crippen LogP contribution in [0.5, 0.6) is 0 Å². The van der Waals surface area contributed by atoms with E-state index >= 15 is 0 Å². The molecule has 0 saturated carbocycles. The van der Waals surface area contributed by atoms with Crippen molar-refractivity contribution in [1.29, 1.82) is 0 Å². The van der Waals surface area contributed by atoms with Crippen LogP contribution >= 0.6 is 0 Å². The molecule has 1 aliphatic rings. The zero-order chi connectivity index (χ0) is 9.64. The van der Waals surface area contributed by atoms with E-state index in [0.717, 1.165) is 0 Å². The highest BCUT2D eigenvalue weighted by Crippen LogP contribution is 2.32. The molecule has 0 aromatic heterocycles. The average molecular weight is 196 g/mol. The van der Waals surface area contributed by atoms with E-state index in [-0.39, 0.29) is 15.6 Å². The topological polar surface area (TPSA) is 86.2 Å². The highest BCUT2D eigenvalue weighted by molar-refractivity contribution is 7.95. The quantitative estimate of drug-likeness (QED) is 0.612. The smallest absolute Gasteiger partial charge is 0.224 e. The normalized spacial score (nSPS) is 18.8. The maximum absolute atomic E-state index is 11.5. The largest absolute Gasteiger partial charge is 0.396 e. The van der Waals surface area contributed by atoms with Crippen LogP contribution in [0.3, 0.4) is 0 Å². The van der Waals surface area contributed by atoms with Crippen LogP contribution in [0.1, 0.15) is 5.56 Å². The number of sulfone groups is 1. The summed E-state index contributed by atoms with van der Waals surface area (Å²) in [6, 6.07) is 6.50. The second-order valence-electron chi connectivity index (χ2n) is 2.78. The molecule has 0 spiro atoms. The zero-order valence-corrected chi connectivity index (χ0v) is 7.51. The van der Waals surface area contributed by atoms with Gasteiger partial charge in [0.25, 0.3) is 0 Å². The minimum absolute atomic E-state index is 0.149. The predicted molar refractivity (Wildman–Crippen MR) is 48.9 cm³/mol. The lowest BCUT2D eigenvalue weighted by atomic mass is 10.2. The lowest BCUT2D eigenvalue weighted by Crippen LogP contribution is -2.10. The van der Waals surface area contributed by atoms with Crippen LogP contribution in [0.25, 0.3) is 5.70 Å². The lowest BCUT2D eigenvalue weighted by Gasteiger charge is -1.96. The van der Waals surface area contributed by atoms with E-state index in [4.69, 9.17) is 11.5 Å². The minimum atomic E-state index is -3.50. The minimum Gasteiger partial charge on any atom is -0.396 e. The van der Waals surface area contributed by atoms with Crippen LogP contribution in [0.2, 0.25) is 0 Å². The van der Waals surface area contributed by atoms with Gasteiger partial charge in [-0.2, -0.15) is 0 Å². The molecule has 0 unspecified atom stereocenters. The van der Waals surface area contributed by atoms with Gasteiger partial charge in [-0.15, -0.1) is 0 Å². The molecule has 0 fully saturated rings. The molecule has 1 aromatic carbocycles. The van der Waals surface area contributed by atoms with Gasteiger partial charge in [0, 0.05) is 5.56 Å². The number of hydrogen-bond donors (Lipinski definition) is 2. The highest BCUT2D eigenvalue weighted by Gasteiger charge is 2.31. The van der Waals surface area contributed by atoms with Crippen molar-refractivity contribution in [3.63, 3.8) is 0 Å². The molecule has 2 rings (SSSR count). The first-order valence-corrected chi connectivity index (χ1v) is 5.13. The summed E-state index contributed by atoms with van der Waals surface area (Å²) in [5.74, 6) is 0. The number of hydrogen-bond acceptors (Lipinski definition) is 4. The summed E-state index contributed by atoms with van der Waals surface area (Å²) < 4.78 is 23.1. The van der Waals surface area contributed by atoms with Crippen LogP contribution in [-0.2, 0) is 9.84 Å². The van der Waals surface area contributed by atoms with Gasteiger partial charge in [-0.25, -0.2) is 8.42 Å². The van der Waals surface area contributed by atoms with Crippen LogP contribution in [-0.4, -0.2) is 8.42 Å². The van der Waals surface area contributed by atoms with Gasteiger partial charge in [-0.1, -0.05) is 18.2 Å². The summed E-state index contributed by atoms with van der Waals surface area (Å²) in [6.07, 6.45) is 0. The van der Waals surface area contributed by atoms with Gasteiger partial charge in [0.05, 0.1) is 10.6 Å². The van der Waals surface area contributed by atoms with E-state index in [0.29, 0.717) is 5.56 Å². The van der Waals surface area contributed by atoms with Crippen molar-refractivity contribution in [3.8, 4) is 0 Å². The first kappa shape index (κ1) is 8.12. The van der Waals surface area contributed by atoms with Crippen molar-refractivity contribution < 1.29 is 8.42 Å². The third-order valence-electron chi connectivity index (χ3n) is 2.02. The number of benzene rings is 1. The SMILES string of the molecule is NC1=C(N)S(=O)(=O)c2ccccc21. The highest BCUT2D eigenvalue weighted by atomic mass is 32.2. The fourth-order valence-corrected chi connectivity index (χ4v) is 2.68. The molecule has 0 atom stereocenters. The summed E-state index contributed by atoms with van der Waals surface area (Å²) >= 11 is 0. The van der Waals surface area contributed by atoms with Crippen LogP contribution < -0.4 is 11.5 Å². The first-order valence-electron chi connectivity index (χ1n) is 3.65. The van der Waals surface area contributed by atoms with Crippen LogP contribution in [0.4, 0.5) is 0 Å². The Hall–Kier alpha value is -1.49. The Morgan fingerprint density at radius 1 is 1.08 bits per heavy atom. The van der Waals surface area contributed by atoms with E-state index in [1.165, 1.54) is 6.07 Å². The monoisotopic (exact) mass is 196 g/mol. The molecule has 0 saturated heterocycles. The number of rotatable bonds is 0. The molecule has 0 aliphatic carbocycles. The molecule has 13 heavy (non-hydrogen) atoms. The summed E-state index contributed by atoms with van der Waals surface area (Å²) in [5, 5.41) is -0.242. The van der Waals surface area contributed by atoms with Crippen molar-refractivity contribution >= 4 is 15.5 Å². The molecule has 1 aromatic rings. The van der Waals surface area contributed by atoms with Crippen molar-refractivity contribution in [3.05, 3.63) is 34.9 Å². The van der Waals surface area contributed by atoms with E-state index in [2.05, 4.69) is 0 Å². The van der Waals surface area contributed by atoms with E-state index in [1.807, 2.05) is 0 Å². The Morgan fingerprint density at radius 3 is 2.31 bits per heavy atom. The third kappa shape index (κ3) is 0.874. The first-order chi connectivity index (χ1) is 6.05. The van der Waals surface area contributed by atoms with Crippen molar-refractivity contribution in [2.75, 3.05) is 0 Å². The second kappa shape index (κ2) is 2.26. The molecule has 5 heteroatoms. The molecule has 4 nitrogen and oxygen atoms in total. The van der Waals surface area contributed by atoms with Crippen LogP contribution in [0, 0.1) is 0 Å². The standard InChI is InChI=1S/C8H8N2O2S/c9-7-5-3-1-2-4-6(5)13(11,12)8(7)10/h1-4H,9-10H2. The fraction of sp³-hybridized carbons (Fsp3) is 0. The summed E-state index contributed by atoms with van der Waals surface area (Å²) in [5.41, 5.74) is 11.6. The molecule has 0 amide bonds. The van der Waals surface area contributed by atoms with Gasteiger partial charge in [0.2, 0.25) is 9.84 Å². The maximum atomic E-state index is 11.5. The molecular formula is C8H8N2O2S. The van der Waals surface area contributed by atoms with E-state index < -0.39 is 9.84 Å². The third-order valence-corrected chi connectivity index (χ3v) is 3.76. The number of nitrogens with two attached hydrogens (primary N) is 2. The zero-order valence-electron chi connectivity index (χ0n) is 6.69. The van der Waals surface area contributed by atoms with Gasteiger partial charge >= 0.3 is 0 Å². The van der Waals surface area contributed by atoms with Gasteiger partial charge < -0.3 is 11.5 Å². The Morgan fingerprint density at radius 2 is 1.69 bits per heavy atom. The van der Waals surface area contributed by atoms with Gasteiger partial charge in [0.1, 0.15) is 0 Å². The predicted octanol–water partition coefficient (Wildman–Crippen LogP) is 0.0174. The Labute approximate surface area is 75.8 Å². The molecule has 1 heterocycles. The van der Waals surface area contributed by atoms with Crippen molar-refractivity contribution in [1.82, 2.24) is 0 Å². The van der Waals surface area contributed by atoms with Gasteiger partial charge in [-0.05, 0) is 6.07 Å². The van der Waals surface area contributed by atoms with E-state index in [9.17, 15) is 8.42 Å². The van der Waals surface area contributed by atoms with Gasteiger partial charge in [-0.3, -0.25) is 0 Å². The maximum Gasteiger partial charge on any atom is 0.224 e. The van der Waals surface area contributed by atoms with Crippen molar-refractivity contribution in [2.45, 2.75) is 4.90 Å². The molecule has 68 valence electrons. The second-order valence-corrected chi connectivity index (χ2v) is 4.66. The number of fused-ring (bicyclic) bond motifs is 1. The van der Waals surface area contributed by atoms with Crippen molar-refractivity contribution in [2.24, 2.45) is 11.5 Å². The molecule has 1 aliphatic heterocycles.